The van der Waals surface area contributed by atoms with Gasteiger partial charge in [-0.25, -0.2) is 0 Å². The second kappa shape index (κ2) is 6.40. The van der Waals surface area contributed by atoms with E-state index in [1.807, 2.05) is 18.2 Å². The number of amides is 1. The van der Waals surface area contributed by atoms with Crippen LogP contribution in [0.25, 0.3) is 0 Å². The summed E-state index contributed by atoms with van der Waals surface area (Å²) in [4.78, 5) is 14.0. The van der Waals surface area contributed by atoms with Crippen LogP contribution in [0.4, 0.5) is 0 Å². The van der Waals surface area contributed by atoms with Gasteiger partial charge in [-0.3, -0.25) is 4.79 Å². The maximum absolute atomic E-state index is 12.9. The Balaban J connectivity index is 1.50. The molecule has 130 valence electrons. The molecule has 1 aromatic rings. The Kier molecular flexibility index (Phi) is 4.40. The molecule has 0 radical (unpaired) electrons. The van der Waals surface area contributed by atoms with Crippen molar-refractivity contribution in [1.82, 2.24) is 5.32 Å². The lowest BCUT2D eigenvalue weighted by Crippen LogP contribution is -2.55. The molecule has 1 atom stereocenters. The zero-order valence-electron chi connectivity index (χ0n) is 14.9. The molecule has 4 fully saturated rings. The van der Waals surface area contributed by atoms with E-state index in [1.54, 1.807) is 11.8 Å². The van der Waals surface area contributed by atoms with E-state index >= 15 is 0 Å². The summed E-state index contributed by atoms with van der Waals surface area (Å²) in [6.07, 6.45) is 8.38. The van der Waals surface area contributed by atoms with Crippen molar-refractivity contribution in [3.8, 4) is 0 Å². The van der Waals surface area contributed by atoms with Crippen molar-refractivity contribution in [3.05, 3.63) is 29.8 Å². The summed E-state index contributed by atoms with van der Waals surface area (Å²) in [6.45, 7) is 4.40. The Bertz CT molecular complexity index is 591. The molecule has 1 N–H and O–H groups in total. The molecule has 5 rings (SSSR count). The number of hydrogen-bond donors (Lipinski definition) is 1. The summed E-state index contributed by atoms with van der Waals surface area (Å²) in [5.41, 5.74) is 1.22. The number of nitrogens with one attached hydrogen (secondary N) is 1. The van der Waals surface area contributed by atoms with Gasteiger partial charge in [-0.15, -0.1) is 11.8 Å². The van der Waals surface area contributed by atoms with Gasteiger partial charge in [-0.05, 0) is 86.5 Å². The largest absolute Gasteiger partial charge is 0.349 e. The second-order valence-corrected chi connectivity index (χ2v) is 9.71. The smallest absolute Gasteiger partial charge is 0.252 e. The van der Waals surface area contributed by atoms with Gasteiger partial charge in [-0.2, -0.15) is 0 Å². The second-order valence-electron chi connectivity index (χ2n) is 8.40. The van der Waals surface area contributed by atoms with Crippen LogP contribution >= 0.6 is 11.8 Å². The first kappa shape index (κ1) is 16.5. The number of rotatable bonds is 5. The van der Waals surface area contributed by atoms with Crippen molar-refractivity contribution in [3.63, 3.8) is 0 Å². The van der Waals surface area contributed by atoms with Crippen LogP contribution in [-0.2, 0) is 0 Å². The summed E-state index contributed by atoms with van der Waals surface area (Å²) < 4.78 is 0. The Hall–Kier alpha value is -0.960. The van der Waals surface area contributed by atoms with Gasteiger partial charge in [0.2, 0.25) is 0 Å². The SMILES string of the molecule is CCSc1ccccc1C(=O)N[C@@H](C)C12CC3CC(CC(C3)C1)C2. The molecule has 0 aromatic heterocycles. The lowest BCUT2D eigenvalue weighted by atomic mass is 9.48. The summed E-state index contributed by atoms with van der Waals surface area (Å²) in [5.74, 6) is 3.90. The molecular formula is C21H29NOS. The number of carbonyl (C=O) groups excluding carboxylic acids is 1. The topological polar surface area (TPSA) is 29.1 Å². The molecule has 0 saturated heterocycles. The van der Waals surface area contributed by atoms with Crippen molar-refractivity contribution in [1.29, 1.82) is 0 Å². The van der Waals surface area contributed by atoms with E-state index in [-0.39, 0.29) is 11.9 Å². The highest BCUT2D eigenvalue weighted by atomic mass is 32.2. The van der Waals surface area contributed by atoms with E-state index in [4.69, 9.17) is 0 Å². The summed E-state index contributed by atoms with van der Waals surface area (Å²) >= 11 is 1.76. The molecule has 0 unspecified atom stereocenters. The van der Waals surface area contributed by atoms with Crippen LogP contribution in [0.5, 0.6) is 0 Å². The van der Waals surface area contributed by atoms with Gasteiger partial charge in [0.15, 0.2) is 0 Å². The normalized spacial score (nSPS) is 35.0. The van der Waals surface area contributed by atoms with E-state index in [0.717, 1.165) is 34.0 Å². The number of benzene rings is 1. The highest BCUT2D eigenvalue weighted by molar-refractivity contribution is 7.99. The fraction of sp³-hybridized carbons (Fsp3) is 0.667. The minimum absolute atomic E-state index is 0.120. The Morgan fingerprint density at radius 3 is 2.33 bits per heavy atom. The average Bonchev–Trinajstić information content (AvgIpc) is 2.54. The van der Waals surface area contributed by atoms with Crippen LogP contribution in [0.1, 0.15) is 62.7 Å². The zero-order chi connectivity index (χ0) is 16.7. The van der Waals surface area contributed by atoms with Crippen LogP contribution in [0.15, 0.2) is 29.2 Å². The average molecular weight is 344 g/mol. The molecule has 3 heteroatoms. The van der Waals surface area contributed by atoms with E-state index < -0.39 is 0 Å². The minimum atomic E-state index is 0.120. The highest BCUT2D eigenvalue weighted by Crippen LogP contribution is 2.61. The fourth-order valence-corrected chi connectivity index (χ4v) is 6.87. The van der Waals surface area contributed by atoms with E-state index in [0.29, 0.717) is 5.41 Å². The molecular weight excluding hydrogens is 314 g/mol. The summed E-state index contributed by atoms with van der Waals surface area (Å²) in [5, 5.41) is 3.40. The lowest BCUT2D eigenvalue weighted by Gasteiger charge is -2.59. The molecule has 4 aliphatic rings. The highest BCUT2D eigenvalue weighted by Gasteiger charge is 2.53. The van der Waals surface area contributed by atoms with Crippen molar-refractivity contribution in [2.24, 2.45) is 23.2 Å². The lowest BCUT2D eigenvalue weighted by molar-refractivity contribution is -0.0688. The van der Waals surface area contributed by atoms with Crippen molar-refractivity contribution >= 4 is 17.7 Å². The summed E-state index contributed by atoms with van der Waals surface area (Å²) in [7, 11) is 0. The number of thioether (sulfide) groups is 1. The van der Waals surface area contributed by atoms with Gasteiger partial charge < -0.3 is 5.32 Å². The van der Waals surface area contributed by atoms with Crippen LogP contribution < -0.4 is 5.32 Å². The zero-order valence-corrected chi connectivity index (χ0v) is 15.7. The molecule has 1 aromatic carbocycles. The third-order valence-corrected chi connectivity index (χ3v) is 7.74. The van der Waals surface area contributed by atoms with Crippen molar-refractivity contribution in [2.45, 2.75) is 63.3 Å². The summed E-state index contributed by atoms with van der Waals surface area (Å²) in [6, 6.07) is 8.33. The Morgan fingerprint density at radius 1 is 1.17 bits per heavy atom. The molecule has 24 heavy (non-hydrogen) atoms. The van der Waals surface area contributed by atoms with Gasteiger partial charge in [0.25, 0.3) is 5.91 Å². The van der Waals surface area contributed by atoms with E-state index in [2.05, 4.69) is 25.2 Å². The van der Waals surface area contributed by atoms with Gasteiger partial charge in [0, 0.05) is 10.9 Å². The first-order valence-electron chi connectivity index (χ1n) is 9.62. The minimum Gasteiger partial charge on any atom is -0.349 e. The Morgan fingerprint density at radius 2 is 1.75 bits per heavy atom. The molecule has 2 nitrogen and oxygen atoms in total. The first-order valence-corrected chi connectivity index (χ1v) is 10.6. The Labute approximate surface area is 150 Å². The van der Waals surface area contributed by atoms with Crippen molar-refractivity contribution in [2.75, 3.05) is 5.75 Å². The third kappa shape index (κ3) is 2.89. The fourth-order valence-electron chi connectivity index (χ4n) is 6.07. The monoisotopic (exact) mass is 343 g/mol. The standard InChI is InChI=1S/C21H29NOS/c1-3-24-19-7-5-4-6-18(19)20(23)22-14(2)21-11-15-8-16(12-21)10-17(9-15)13-21/h4-7,14-17H,3,8-13H2,1-2H3,(H,22,23)/t14-,15?,16?,17?,21?/m0/s1. The molecule has 1 amide bonds. The van der Waals surface area contributed by atoms with Crippen LogP contribution in [0.2, 0.25) is 0 Å². The van der Waals surface area contributed by atoms with Gasteiger partial charge in [0.1, 0.15) is 0 Å². The van der Waals surface area contributed by atoms with Gasteiger partial charge in [0.05, 0.1) is 5.56 Å². The van der Waals surface area contributed by atoms with Crippen LogP contribution in [-0.4, -0.2) is 17.7 Å². The van der Waals surface area contributed by atoms with Crippen molar-refractivity contribution < 1.29 is 4.79 Å². The predicted octanol–water partition coefficient (Wildman–Crippen LogP) is 5.13. The molecule has 0 spiro atoms. The number of carbonyl (C=O) groups is 1. The van der Waals surface area contributed by atoms with E-state index in [1.165, 1.54) is 38.5 Å². The third-order valence-electron chi connectivity index (χ3n) is 6.78. The first-order chi connectivity index (χ1) is 11.6. The maximum atomic E-state index is 12.9. The molecule has 0 heterocycles. The quantitative estimate of drug-likeness (QED) is 0.751. The molecule has 4 bridgehead atoms. The molecule has 4 saturated carbocycles. The molecule has 0 aliphatic heterocycles. The van der Waals surface area contributed by atoms with E-state index in [9.17, 15) is 4.79 Å². The molecule has 4 aliphatic carbocycles. The predicted molar refractivity (Wildman–Crippen MR) is 100 cm³/mol. The van der Waals surface area contributed by atoms with Gasteiger partial charge >= 0.3 is 0 Å². The maximum Gasteiger partial charge on any atom is 0.252 e. The van der Waals surface area contributed by atoms with Crippen LogP contribution in [0, 0.1) is 23.2 Å². The van der Waals surface area contributed by atoms with Gasteiger partial charge in [-0.1, -0.05) is 19.1 Å². The number of hydrogen-bond acceptors (Lipinski definition) is 2. The van der Waals surface area contributed by atoms with Crippen LogP contribution in [0.3, 0.4) is 0 Å².